The van der Waals surface area contributed by atoms with Crippen LogP contribution in [0.1, 0.15) is 24.5 Å². The van der Waals surface area contributed by atoms with Crippen molar-refractivity contribution in [3.8, 4) is 17.2 Å². The maximum Gasteiger partial charge on any atom is 0.387 e. The smallest absolute Gasteiger partial charge is 0.387 e. The van der Waals surface area contributed by atoms with Crippen LogP contribution in [-0.4, -0.2) is 44.0 Å². The fourth-order valence-electron chi connectivity index (χ4n) is 2.69. The van der Waals surface area contributed by atoms with Crippen LogP contribution in [0.2, 0.25) is 0 Å². The Morgan fingerprint density at radius 2 is 1.70 bits per heavy atom. The molecule has 0 fully saturated rings. The van der Waals surface area contributed by atoms with Crippen molar-refractivity contribution < 1.29 is 32.6 Å². The highest BCUT2D eigenvalue weighted by Crippen LogP contribution is 2.29. The highest BCUT2D eigenvalue weighted by molar-refractivity contribution is 5.77. The van der Waals surface area contributed by atoms with Gasteiger partial charge in [-0.2, -0.15) is 8.78 Å². The topological polar surface area (TPSA) is 65.1 Å². The van der Waals surface area contributed by atoms with Crippen molar-refractivity contribution in [2.75, 3.05) is 20.8 Å². The van der Waals surface area contributed by atoms with E-state index in [1.807, 2.05) is 12.1 Å². The lowest BCUT2D eigenvalue weighted by Crippen LogP contribution is -2.30. The number of benzene rings is 2. The van der Waals surface area contributed by atoms with Crippen LogP contribution < -0.4 is 14.2 Å². The Morgan fingerprint density at radius 1 is 1.03 bits per heavy atom. The van der Waals surface area contributed by atoms with Crippen molar-refractivity contribution in [2.45, 2.75) is 32.9 Å². The van der Waals surface area contributed by atoms with E-state index in [-0.39, 0.29) is 36.3 Å². The molecule has 2 aromatic rings. The fourth-order valence-corrected chi connectivity index (χ4v) is 2.69. The van der Waals surface area contributed by atoms with Gasteiger partial charge in [0, 0.05) is 20.0 Å². The molecule has 2 rings (SSSR count). The number of hydrogen-bond acceptors (Lipinski definition) is 5. The first-order valence-corrected chi connectivity index (χ1v) is 9.35. The molecule has 0 bridgehead atoms. The highest BCUT2D eigenvalue weighted by Gasteiger charge is 2.14. The molecule has 0 aliphatic rings. The molecule has 2 aromatic carbocycles. The minimum atomic E-state index is -2.95. The summed E-state index contributed by atoms with van der Waals surface area (Å²) in [5, 5.41) is 0. The lowest BCUT2D eigenvalue weighted by molar-refractivity contribution is -0.132. The van der Waals surface area contributed by atoms with Crippen molar-refractivity contribution in [3.05, 3.63) is 53.6 Å². The fraction of sp³-hybridized carbons (Fsp3) is 0.364. The van der Waals surface area contributed by atoms with Gasteiger partial charge < -0.3 is 23.9 Å². The van der Waals surface area contributed by atoms with Crippen LogP contribution in [0, 0.1) is 0 Å². The minimum absolute atomic E-state index is 0.0692. The van der Waals surface area contributed by atoms with Crippen molar-refractivity contribution in [2.24, 2.45) is 0 Å². The zero-order valence-electron chi connectivity index (χ0n) is 17.2. The molecule has 0 saturated carbocycles. The van der Waals surface area contributed by atoms with Gasteiger partial charge in [-0.1, -0.05) is 18.2 Å². The molecule has 0 aromatic heterocycles. The van der Waals surface area contributed by atoms with Gasteiger partial charge in [-0.15, -0.1) is 0 Å². The quantitative estimate of drug-likeness (QED) is 0.551. The number of carbonyl (C=O) groups excluding carboxylic acids is 2. The summed E-state index contributed by atoms with van der Waals surface area (Å²) in [6.07, 6.45) is 1.16. The third kappa shape index (κ3) is 7.35. The Hall–Kier alpha value is -3.16. The largest absolute Gasteiger partial charge is 0.493 e. The number of ether oxygens (including phenoxy) is 3. The normalized spacial score (nSPS) is 10.6. The predicted molar refractivity (Wildman–Crippen MR) is 107 cm³/mol. The summed E-state index contributed by atoms with van der Waals surface area (Å²) in [5.74, 6) is 0.536. The summed E-state index contributed by atoms with van der Waals surface area (Å²) in [6.45, 7) is -1.29. The van der Waals surface area contributed by atoms with Gasteiger partial charge in [-0.05, 0) is 48.7 Å². The lowest BCUT2D eigenvalue weighted by Gasteiger charge is -2.19. The SMILES string of the molecule is COc1cc(CN(C)C(=O)COc2ccc(CCC(C)=O)cc2)ccc1OC(F)F. The number of hydrogen-bond donors (Lipinski definition) is 0. The number of nitrogens with zero attached hydrogens (tertiary/aromatic N) is 1. The first-order valence-electron chi connectivity index (χ1n) is 9.35. The lowest BCUT2D eigenvalue weighted by atomic mass is 10.1. The van der Waals surface area contributed by atoms with Crippen LogP contribution in [0.3, 0.4) is 0 Å². The minimum Gasteiger partial charge on any atom is -0.493 e. The van der Waals surface area contributed by atoms with Crippen molar-refractivity contribution >= 4 is 11.7 Å². The second kappa shape index (κ2) is 11.1. The number of rotatable bonds is 11. The van der Waals surface area contributed by atoms with Crippen LogP contribution in [-0.2, 0) is 22.6 Å². The van der Waals surface area contributed by atoms with Crippen LogP contribution in [0.5, 0.6) is 17.2 Å². The molecule has 0 atom stereocenters. The van der Waals surface area contributed by atoms with E-state index >= 15 is 0 Å². The molecule has 0 unspecified atom stereocenters. The zero-order chi connectivity index (χ0) is 22.1. The standard InChI is InChI=1S/C22H25F2NO5/c1-15(26)4-5-16-6-9-18(10-7-16)29-14-21(27)25(2)13-17-8-11-19(30-22(23)24)20(12-17)28-3/h6-12,22H,4-5,13-14H2,1-3H3. The summed E-state index contributed by atoms with van der Waals surface area (Å²) in [7, 11) is 2.97. The molecular weight excluding hydrogens is 396 g/mol. The number of carbonyl (C=O) groups is 2. The average Bonchev–Trinajstić information content (AvgIpc) is 2.71. The monoisotopic (exact) mass is 421 g/mol. The Bertz CT molecular complexity index is 855. The summed E-state index contributed by atoms with van der Waals surface area (Å²) in [6, 6.07) is 11.8. The average molecular weight is 421 g/mol. The van der Waals surface area contributed by atoms with Gasteiger partial charge in [-0.25, -0.2) is 0 Å². The zero-order valence-corrected chi connectivity index (χ0v) is 17.2. The number of likely N-dealkylation sites (N-methyl/N-ethyl adjacent to an activating group) is 1. The molecule has 1 amide bonds. The van der Waals surface area contributed by atoms with Crippen molar-refractivity contribution in [1.29, 1.82) is 0 Å². The van der Waals surface area contributed by atoms with Crippen LogP contribution in [0.25, 0.3) is 0 Å². The van der Waals surface area contributed by atoms with E-state index in [1.54, 1.807) is 38.2 Å². The van der Waals surface area contributed by atoms with E-state index in [2.05, 4.69) is 4.74 Å². The molecule has 0 saturated heterocycles. The first-order chi connectivity index (χ1) is 14.3. The Morgan fingerprint density at radius 3 is 2.30 bits per heavy atom. The molecule has 8 heteroatoms. The molecule has 6 nitrogen and oxygen atoms in total. The van der Waals surface area contributed by atoms with Gasteiger partial charge in [0.05, 0.1) is 7.11 Å². The molecule has 0 N–H and O–H groups in total. The maximum atomic E-state index is 12.4. The van der Waals surface area contributed by atoms with E-state index in [4.69, 9.17) is 9.47 Å². The van der Waals surface area contributed by atoms with Gasteiger partial charge >= 0.3 is 6.61 Å². The van der Waals surface area contributed by atoms with Gasteiger partial charge in [0.15, 0.2) is 18.1 Å². The summed E-state index contributed by atoms with van der Waals surface area (Å²) in [5.41, 5.74) is 1.72. The van der Waals surface area contributed by atoms with Gasteiger partial charge in [0.25, 0.3) is 5.91 Å². The molecule has 0 aliphatic heterocycles. The molecule has 0 radical (unpaired) electrons. The maximum absolute atomic E-state index is 12.4. The highest BCUT2D eigenvalue weighted by atomic mass is 19.3. The number of alkyl halides is 2. The number of ketones is 1. The van der Waals surface area contributed by atoms with Crippen LogP contribution >= 0.6 is 0 Å². The summed E-state index contributed by atoms with van der Waals surface area (Å²) < 4.78 is 39.8. The molecule has 30 heavy (non-hydrogen) atoms. The number of Topliss-reactive ketones (excluding diaryl/α,β-unsaturated/α-hetero) is 1. The third-order valence-corrected chi connectivity index (χ3v) is 4.34. The van der Waals surface area contributed by atoms with E-state index in [1.165, 1.54) is 18.1 Å². The van der Waals surface area contributed by atoms with E-state index in [9.17, 15) is 18.4 Å². The summed E-state index contributed by atoms with van der Waals surface area (Å²) in [4.78, 5) is 24.8. The second-order valence-electron chi connectivity index (χ2n) is 6.75. The Balaban J connectivity index is 1.88. The van der Waals surface area contributed by atoms with Crippen LogP contribution in [0.15, 0.2) is 42.5 Å². The molecule has 0 heterocycles. The van der Waals surface area contributed by atoms with E-state index in [0.29, 0.717) is 24.2 Å². The number of methoxy groups -OCH3 is 1. The van der Waals surface area contributed by atoms with Crippen molar-refractivity contribution in [3.63, 3.8) is 0 Å². The van der Waals surface area contributed by atoms with Gasteiger partial charge in [0.1, 0.15) is 11.5 Å². The van der Waals surface area contributed by atoms with Gasteiger partial charge in [0.2, 0.25) is 0 Å². The third-order valence-electron chi connectivity index (χ3n) is 4.34. The summed E-state index contributed by atoms with van der Waals surface area (Å²) >= 11 is 0. The van der Waals surface area contributed by atoms with Gasteiger partial charge in [-0.3, -0.25) is 4.79 Å². The Labute approximate surface area is 174 Å². The Kier molecular flexibility index (Phi) is 8.58. The van der Waals surface area contributed by atoms with E-state index < -0.39 is 6.61 Å². The number of halogens is 2. The first kappa shape index (κ1) is 23.1. The molecule has 0 aliphatic carbocycles. The molecule has 0 spiro atoms. The van der Waals surface area contributed by atoms with E-state index in [0.717, 1.165) is 5.56 Å². The number of aryl methyl sites for hydroxylation is 1. The second-order valence-corrected chi connectivity index (χ2v) is 6.75. The van der Waals surface area contributed by atoms with Crippen LogP contribution in [0.4, 0.5) is 8.78 Å². The molecule has 162 valence electrons. The predicted octanol–water partition coefficient (Wildman–Crippen LogP) is 3.86. The van der Waals surface area contributed by atoms with Crippen molar-refractivity contribution in [1.82, 2.24) is 4.90 Å². The molecular formula is C22H25F2NO5. The number of amides is 1.